The van der Waals surface area contributed by atoms with Crippen LogP contribution in [-0.4, -0.2) is 30.3 Å². The van der Waals surface area contributed by atoms with Gasteiger partial charge in [0.1, 0.15) is 5.82 Å². The number of benzene rings is 2. The van der Waals surface area contributed by atoms with Crippen molar-refractivity contribution in [1.82, 2.24) is 10.9 Å². The second kappa shape index (κ2) is 9.09. The molecule has 0 heterocycles. The molecule has 0 aliphatic rings. The van der Waals surface area contributed by atoms with Gasteiger partial charge >= 0.3 is 5.97 Å². The molecule has 0 saturated carbocycles. The minimum atomic E-state index is -0.851. The minimum absolute atomic E-state index is 0.129. The first-order valence-electron chi connectivity index (χ1n) is 7.75. The van der Waals surface area contributed by atoms with Crippen molar-refractivity contribution in [2.75, 3.05) is 11.9 Å². The fourth-order valence-corrected chi connectivity index (χ4v) is 2.02. The molecule has 0 aliphatic heterocycles. The summed E-state index contributed by atoms with van der Waals surface area (Å²) < 4.78 is 18.3. The molecule has 2 rings (SSSR count). The van der Waals surface area contributed by atoms with Gasteiger partial charge in [-0.15, -0.1) is 0 Å². The molecule has 140 valence electrons. The van der Waals surface area contributed by atoms with Crippen LogP contribution in [0.25, 0.3) is 0 Å². The molecule has 0 bridgehead atoms. The zero-order chi connectivity index (χ0) is 19.8. The second-order valence-corrected chi connectivity index (χ2v) is 5.32. The standard InChI is InChI=1S/C18H16FN3O5/c1-11(23)20-13-6-4-5-12(9-13)18(26)27-10-16(24)21-22-17(25)14-7-2-3-8-15(14)19/h2-9H,10H2,1H3,(H,20,23)(H,21,24)(H,22,25). The summed E-state index contributed by atoms with van der Waals surface area (Å²) in [5, 5.41) is 2.51. The van der Waals surface area contributed by atoms with E-state index < -0.39 is 30.2 Å². The number of hydrogen-bond donors (Lipinski definition) is 3. The van der Waals surface area contributed by atoms with Crippen molar-refractivity contribution < 1.29 is 28.3 Å². The summed E-state index contributed by atoms with van der Waals surface area (Å²) in [5.41, 5.74) is 4.31. The summed E-state index contributed by atoms with van der Waals surface area (Å²) in [6, 6.07) is 11.2. The predicted molar refractivity (Wildman–Crippen MR) is 93.0 cm³/mol. The van der Waals surface area contributed by atoms with Crippen LogP contribution < -0.4 is 16.2 Å². The highest BCUT2D eigenvalue weighted by Crippen LogP contribution is 2.11. The molecule has 0 radical (unpaired) electrons. The smallest absolute Gasteiger partial charge is 0.338 e. The molecule has 0 spiro atoms. The van der Waals surface area contributed by atoms with Gasteiger partial charge in [-0.2, -0.15) is 0 Å². The molecule has 0 aliphatic carbocycles. The highest BCUT2D eigenvalue weighted by atomic mass is 19.1. The average Bonchev–Trinajstić information content (AvgIpc) is 2.64. The number of nitrogens with one attached hydrogen (secondary N) is 3. The third-order valence-corrected chi connectivity index (χ3v) is 3.19. The van der Waals surface area contributed by atoms with Gasteiger partial charge in [0, 0.05) is 12.6 Å². The van der Waals surface area contributed by atoms with Gasteiger partial charge in [-0.3, -0.25) is 25.2 Å². The third kappa shape index (κ3) is 5.92. The van der Waals surface area contributed by atoms with Crippen molar-refractivity contribution in [3.8, 4) is 0 Å². The molecule has 0 aromatic heterocycles. The lowest BCUT2D eigenvalue weighted by molar-refractivity contribution is -0.125. The van der Waals surface area contributed by atoms with E-state index in [-0.39, 0.29) is 17.0 Å². The molecule has 27 heavy (non-hydrogen) atoms. The maximum absolute atomic E-state index is 13.4. The Kier molecular flexibility index (Phi) is 6.59. The van der Waals surface area contributed by atoms with Crippen molar-refractivity contribution in [2.24, 2.45) is 0 Å². The topological polar surface area (TPSA) is 114 Å². The number of rotatable bonds is 5. The van der Waals surface area contributed by atoms with E-state index in [4.69, 9.17) is 4.74 Å². The van der Waals surface area contributed by atoms with Gasteiger partial charge in [0.2, 0.25) is 5.91 Å². The fourth-order valence-electron chi connectivity index (χ4n) is 2.02. The summed E-state index contributed by atoms with van der Waals surface area (Å²) in [5.74, 6) is -3.50. The van der Waals surface area contributed by atoms with Gasteiger partial charge in [0.15, 0.2) is 6.61 Å². The first kappa shape index (κ1) is 19.6. The van der Waals surface area contributed by atoms with E-state index in [9.17, 15) is 23.6 Å². The van der Waals surface area contributed by atoms with Crippen LogP contribution in [-0.2, 0) is 14.3 Å². The lowest BCUT2D eigenvalue weighted by Crippen LogP contribution is -2.43. The number of carbonyl (C=O) groups excluding carboxylic acids is 4. The first-order valence-corrected chi connectivity index (χ1v) is 7.75. The van der Waals surface area contributed by atoms with E-state index in [0.717, 1.165) is 6.07 Å². The number of anilines is 1. The molecule has 2 aromatic carbocycles. The number of carbonyl (C=O) groups is 4. The molecule has 9 heteroatoms. The maximum Gasteiger partial charge on any atom is 0.338 e. The molecular weight excluding hydrogens is 357 g/mol. The Morgan fingerprint density at radius 2 is 1.74 bits per heavy atom. The minimum Gasteiger partial charge on any atom is -0.452 e. The van der Waals surface area contributed by atoms with Gasteiger partial charge in [0.25, 0.3) is 11.8 Å². The Morgan fingerprint density at radius 3 is 2.44 bits per heavy atom. The SMILES string of the molecule is CC(=O)Nc1cccc(C(=O)OCC(=O)NNC(=O)c2ccccc2F)c1. The van der Waals surface area contributed by atoms with Gasteiger partial charge in [-0.25, -0.2) is 9.18 Å². The van der Waals surface area contributed by atoms with Crippen molar-refractivity contribution in [3.63, 3.8) is 0 Å². The quantitative estimate of drug-likeness (QED) is 0.542. The molecule has 8 nitrogen and oxygen atoms in total. The molecule has 0 saturated heterocycles. The summed E-state index contributed by atoms with van der Waals surface area (Å²) in [7, 11) is 0. The van der Waals surface area contributed by atoms with Crippen LogP contribution in [0.4, 0.5) is 10.1 Å². The lowest BCUT2D eigenvalue weighted by atomic mass is 10.2. The zero-order valence-corrected chi connectivity index (χ0v) is 14.2. The van der Waals surface area contributed by atoms with Crippen LogP contribution in [0.3, 0.4) is 0 Å². The highest BCUT2D eigenvalue weighted by Gasteiger charge is 2.14. The van der Waals surface area contributed by atoms with Crippen LogP contribution in [0, 0.1) is 5.82 Å². The predicted octanol–water partition coefficient (Wildman–Crippen LogP) is 1.40. The maximum atomic E-state index is 13.4. The van der Waals surface area contributed by atoms with Crippen LogP contribution >= 0.6 is 0 Å². The third-order valence-electron chi connectivity index (χ3n) is 3.19. The molecule has 2 aromatic rings. The Morgan fingerprint density at radius 1 is 1.00 bits per heavy atom. The Labute approximate surface area is 153 Å². The fraction of sp³-hybridized carbons (Fsp3) is 0.111. The van der Waals surface area contributed by atoms with Crippen LogP contribution in [0.15, 0.2) is 48.5 Å². The second-order valence-electron chi connectivity index (χ2n) is 5.32. The molecule has 0 atom stereocenters. The van der Waals surface area contributed by atoms with Gasteiger partial charge in [-0.05, 0) is 30.3 Å². The van der Waals surface area contributed by atoms with Gasteiger partial charge in [-0.1, -0.05) is 18.2 Å². The molecule has 3 amide bonds. The monoisotopic (exact) mass is 373 g/mol. The number of hydrazine groups is 1. The van der Waals surface area contributed by atoms with Crippen molar-refractivity contribution in [1.29, 1.82) is 0 Å². The zero-order valence-electron chi connectivity index (χ0n) is 14.2. The van der Waals surface area contributed by atoms with Crippen LogP contribution in [0.1, 0.15) is 27.6 Å². The molecule has 3 N–H and O–H groups in total. The molecule has 0 fully saturated rings. The highest BCUT2D eigenvalue weighted by molar-refractivity contribution is 5.96. The van der Waals surface area contributed by atoms with E-state index in [1.807, 2.05) is 10.9 Å². The Bertz CT molecular complexity index is 885. The summed E-state index contributed by atoms with van der Waals surface area (Å²) in [4.78, 5) is 46.4. The van der Waals surface area contributed by atoms with Crippen molar-refractivity contribution >= 4 is 29.4 Å². The number of ether oxygens (including phenoxy) is 1. The van der Waals surface area contributed by atoms with E-state index in [0.29, 0.717) is 5.69 Å². The number of amides is 3. The number of hydrogen-bond acceptors (Lipinski definition) is 5. The summed E-state index contributed by atoms with van der Waals surface area (Å²) in [6.45, 7) is 0.658. The van der Waals surface area contributed by atoms with Gasteiger partial charge < -0.3 is 10.1 Å². The van der Waals surface area contributed by atoms with E-state index in [1.165, 1.54) is 43.3 Å². The van der Waals surface area contributed by atoms with E-state index >= 15 is 0 Å². The lowest BCUT2D eigenvalue weighted by Gasteiger charge is -2.09. The van der Waals surface area contributed by atoms with Crippen LogP contribution in [0.5, 0.6) is 0 Å². The van der Waals surface area contributed by atoms with E-state index in [1.54, 1.807) is 6.07 Å². The molecule has 0 unspecified atom stereocenters. The largest absolute Gasteiger partial charge is 0.452 e. The first-order chi connectivity index (χ1) is 12.9. The Balaban J connectivity index is 1.83. The average molecular weight is 373 g/mol. The van der Waals surface area contributed by atoms with Crippen LogP contribution in [0.2, 0.25) is 0 Å². The molecular formula is C18H16FN3O5. The van der Waals surface area contributed by atoms with Gasteiger partial charge in [0.05, 0.1) is 11.1 Å². The number of esters is 1. The van der Waals surface area contributed by atoms with Crippen molar-refractivity contribution in [2.45, 2.75) is 6.92 Å². The van der Waals surface area contributed by atoms with E-state index in [2.05, 4.69) is 5.32 Å². The Hall–Kier alpha value is -3.75. The summed E-state index contributed by atoms with van der Waals surface area (Å²) >= 11 is 0. The normalized spacial score (nSPS) is 9.85. The summed E-state index contributed by atoms with van der Waals surface area (Å²) in [6.07, 6.45) is 0. The van der Waals surface area contributed by atoms with Crippen molar-refractivity contribution in [3.05, 3.63) is 65.5 Å². The number of halogens is 1.